The van der Waals surface area contributed by atoms with E-state index in [0.717, 1.165) is 4.90 Å². The molecule has 1 atom stereocenters. The van der Waals surface area contributed by atoms with Gasteiger partial charge in [-0.2, -0.15) is 0 Å². The van der Waals surface area contributed by atoms with E-state index in [1.165, 1.54) is 7.05 Å². The summed E-state index contributed by atoms with van der Waals surface area (Å²) in [6.07, 6.45) is 0.875. The van der Waals surface area contributed by atoms with E-state index >= 15 is 0 Å². The highest BCUT2D eigenvalue weighted by Gasteiger charge is 2.45. The minimum Gasteiger partial charge on any atom is -0.479 e. The number of ether oxygens (including phenoxy) is 1. The fourth-order valence-corrected chi connectivity index (χ4v) is 1.25. The topological polar surface area (TPSA) is 66.8 Å². The lowest BCUT2D eigenvalue weighted by Gasteiger charge is -2.29. The molecule has 0 aromatic carbocycles. The number of amides is 1. The molecule has 0 saturated carbocycles. The van der Waals surface area contributed by atoms with Crippen molar-refractivity contribution in [2.45, 2.75) is 12.0 Å². The predicted octanol–water partition coefficient (Wildman–Crippen LogP) is -0.682. The van der Waals surface area contributed by atoms with Crippen molar-refractivity contribution in [3.8, 4) is 0 Å². The van der Waals surface area contributed by atoms with Crippen molar-refractivity contribution in [1.29, 1.82) is 0 Å². The van der Waals surface area contributed by atoms with Crippen LogP contribution in [0.25, 0.3) is 0 Å². The number of carboxylic acids is 1. The lowest BCUT2D eigenvalue weighted by Crippen LogP contribution is -2.52. The summed E-state index contributed by atoms with van der Waals surface area (Å²) in [7, 11) is 1.45. The molecule has 1 saturated heterocycles. The van der Waals surface area contributed by atoms with Gasteiger partial charge >= 0.3 is 5.97 Å². The molecule has 0 bridgehead atoms. The Morgan fingerprint density at radius 3 is 2.75 bits per heavy atom. The molecule has 12 heavy (non-hydrogen) atoms. The number of nitrogens with zero attached hydrogens (tertiary/aromatic N) is 1. The quantitative estimate of drug-likeness (QED) is 0.574. The van der Waals surface area contributed by atoms with E-state index in [1.54, 1.807) is 0 Å². The van der Waals surface area contributed by atoms with E-state index in [4.69, 9.17) is 9.84 Å². The van der Waals surface area contributed by atoms with Crippen LogP contribution in [0.4, 0.5) is 0 Å². The maximum absolute atomic E-state index is 10.8. The maximum atomic E-state index is 10.8. The maximum Gasteiger partial charge on any atom is 0.332 e. The standard InChI is InChI=1S/C7H11NO4/c1-8(5-9)7(6(10)11)2-3-12-4-7/h5H,2-4H2,1H3,(H,10,11). The van der Waals surface area contributed by atoms with Crippen LogP contribution in [0.5, 0.6) is 0 Å². The molecule has 68 valence electrons. The minimum absolute atomic E-state index is 0.0809. The SMILES string of the molecule is CN(C=O)C1(C(=O)O)CCOC1. The van der Waals surface area contributed by atoms with Crippen LogP contribution in [0.1, 0.15) is 6.42 Å². The first-order chi connectivity index (χ1) is 5.63. The number of aliphatic carboxylic acids is 1. The molecule has 0 spiro atoms. The van der Waals surface area contributed by atoms with Crippen molar-refractivity contribution >= 4 is 12.4 Å². The average molecular weight is 173 g/mol. The third kappa shape index (κ3) is 1.16. The summed E-state index contributed by atoms with van der Waals surface area (Å²) in [6, 6.07) is 0. The molecule has 1 aliphatic rings. The van der Waals surface area contributed by atoms with Crippen LogP contribution in [0.3, 0.4) is 0 Å². The molecule has 1 heterocycles. The Balaban J connectivity index is 2.85. The van der Waals surface area contributed by atoms with Gasteiger partial charge in [0.05, 0.1) is 6.61 Å². The number of carbonyl (C=O) groups excluding carboxylic acids is 1. The van der Waals surface area contributed by atoms with Crippen LogP contribution in [0.15, 0.2) is 0 Å². The second-order valence-corrected chi connectivity index (χ2v) is 2.86. The zero-order valence-electron chi connectivity index (χ0n) is 6.82. The van der Waals surface area contributed by atoms with Crippen LogP contribution >= 0.6 is 0 Å². The fourth-order valence-electron chi connectivity index (χ4n) is 1.25. The molecule has 1 fully saturated rings. The summed E-state index contributed by atoms with van der Waals surface area (Å²) in [5.41, 5.74) is -1.14. The number of carbonyl (C=O) groups is 2. The van der Waals surface area contributed by atoms with Crippen LogP contribution in [0.2, 0.25) is 0 Å². The monoisotopic (exact) mass is 173 g/mol. The van der Waals surface area contributed by atoms with Gasteiger partial charge in [-0.15, -0.1) is 0 Å². The highest BCUT2D eigenvalue weighted by Crippen LogP contribution is 2.24. The van der Waals surface area contributed by atoms with Gasteiger partial charge in [0.15, 0.2) is 5.54 Å². The van der Waals surface area contributed by atoms with Crippen LogP contribution in [-0.2, 0) is 14.3 Å². The molecule has 0 aromatic heterocycles. The molecule has 1 amide bonds. The van der Waals surface area contributed by atoms with E-state index in [-0.39, 0.29) is 6.61 Å². The Kier molecular flexibility index (Phi) is 2.32. The normalized spacial score (nSPS) is 28.4. The van der Waals surface area contributed by atoms with Crippen molar-refractivity contribution in [3.05, 3.63) is 0 Å². The first kappa shape index (κ1) is 8.99. The van der Waals surface area contributed by atoms with Crippen LogP contribution in [-0.4, -0.2) is 48.2 Å². The van der Waals surface area contributed by atoms with Crippen molar-refractivity contribution in [1.82, 2.24) is 4.90 Å². The van der Waals surface area contributed by atoms with Gasteiger partial charge in [0.1, 0.15) is 0 Å². The number of rotatable bonds is 3. The highest BCUT2D eigenvalue weighted by atomic mass is 16.5. The smallest absolute Gasteiger partial charge is 0.332 e. The van der Waals surface area contributed by atoms with Crippen molar-refractivity contribution in [3.63, 3.8) is 0 Å². The van der Waals surface area contributed by atoms with Crippen molar-refractivity contribution < 1.29 is 19.4 Å². The summed E-state index contributed by atoms with van der Waals surface area (Å²) in [4.78, 5) is 22.4. The van der Waals surface area contributed by atoms with Gasteiger partial charge in [0.25, 0.3) is 0 Å². The van der Waals surface area contributed by atoms with Crippen LogP contribution in [0, 0.1) is 0 Å². The van der Waals surface area contributed by atoms with Gasteiger partial charge in [-0.05, 0) is 0 Å². The number of hydrogen-bond acceptors (Lipinski definition) is 3. The summed E-state index contributed by atoms with van der Waals surface area (Å²) >= 11 is 0. The fraction of sp³-hybridized carbons (Fsp3) is 0.714. The summed E-state index contributed by atoms with van der Waals surface area (Å²) in [5, 5.41) is 8.88. The summed E-state index contributed by atoms with van der Waals surface area (Å²) < 4.78 is 4.96. The van der Waals surface area contributed by atoms with E-state index in [1.807, 2.05) is 0 Å². The molecule has 1 N–H and O–H groups in total. The van der Waals surface area contributed by atoms with Gasteiger partial charge in [-0.25, -0.2) is 4.79 Å². The summed E-state index contributed by atoms with van der Waals surface area (Å²) in [5.74, 6) is -1.01. The Morgan fingerprint density at radius 1 is 1.75 bits per heavy atom. The van der Waals surface area contributed by atoms with Gasteiger partial charge in [0.2, 0.25) is 6.41 Å². The molecule has 0 aromatic rings. The van der Waals surface area contributed by atoms with Gasteiger partial charge in [-0.3, -0.25) is 4.79 Å². The Labute approximate surface area is 69.9 Å². The van der Waals surface area contributed by atoms with Crippen LogP contribution < -0.4 is 0 Å². The predicted molar refractivity (Wildman–Crippen MR) is 39.6 cm³/mol. The summed E-state index contributed by atoms with van der Waals surface area (Å²) in [6.45, 7) is 0.474. The molecule has 1 rings (SSSR count). The lowest BCUT2D eigenvalue weighted by atomic mass is 9.98. The molecule has 1 unspecified atom stereocenters. The first-order valence-corrected chi connectivity index (χ1v) is 3.63. The Morgan fingerprint density at radius 2 is 2.42 bits per heavy atom. The average Bonchev–Trinajstić information content (AvgIpc) is 2.52. The Hall–Kier alpha value is -1.10. The molecule has 1 aliphatic heterocycles. The Bertz CT molecular complexity index is 198. The van der Waals surface area contributed by atoms with E-state index in [0.29, 0.717) is 19.4 Å². The minimum atomic E-state index is -1.14. The zero-order chi connectivity index (χ0) is 9.19. The molecular weight excluding hydrogens is 162 g/mol. The molecular formula is C7H11NO4. The van der Waals surface area contributed by atoms with E-state index < -0.39 is 11.5 Å². The molecule has 5 nitrogen and oxygen atoms in total. The third-order valence-corrected chi connectivity index (χ3v) is 2.23. The lowest BCUT2D eigenvalue weighted by molar-refractivity contribution is -0.153. The largest absolute Gasteiger partial charge is 0.479 e. The second-order valence-electron chi connectivity index (χ2n) is 2.86. The van der Waals surface area contributed by atoms with Gasteiger partial charge in [-0.1, -0.05) is 0 Å². The molecule has 0 aliphatic carbocycles. The molecule has 0 radical (unpaired) electrons. The van der Waals surface area contributed by atoms with Gasteiger partial charge in [0, 0.05) is 20.1 Å². The van der Waals surface area contributed by atoms with E-state index in [2.05, 4.69) is 0 Å². The number of likely N-dealkylation sites (N-methyl/N-ethyl adjacent to an activating group) is 1. The molecule has 5 heteroatoms. The zero-order valence-corrected chi connectivity index (χ0v) is 6.82. The first-order valence-electron chi connectivity index (χ1n) is 3.63. The van der Waals surface area contributed by atoms with Crippen molar-refractivity contribution in [2.75, 3.05) is 20.3 Å². The number of hydrogen-bond donors (Lipinski definition) is 1. The second kappa shape index (κ2) is 3.10. The third-order valence-electron chi connectivity index (χ3n) is 2.23. The van der Waals surface area contributed by atoms with E-state index in [9.17, 15) is 9.59 Å². The number of carboxylic acid groups (broad SMARTS) is 1. The van der Waals surface area contributed by atoms with Gasteiger partial charge < -0.3 is 14.7 Å². The van der Waals surface area contributed by atoms with Crippen molar-refractivity contribution in [2.24, 2.45) is 0 Å². The highest BCUT2D eigenvalue weighted by molar-refractivity contribution is 5.82.